The van der Waals surface area contributed by atoms with Crippen molar-refractivity contribution in [2.45, 2.75) is 50.9 Å². The van der Waals surface area contributed by atoms with Gasteiger partial charge in [0, 0.05) is 38.7 Å². The maximum absolute atomic E-state index is 11.7. The molecule has 1 amide bonds. The van der Waals surface area contributed by atoms with Gasteiger partial charge in [-0.2, -0.15) is 0 Å². The van der Waals surface area contributed by atoms with E-state index in [1.807, 2.05) is 6.07 Å². The molecule has 0 saturated heterocycles. The number of rotatable bonds is 10. The van der Waals surface area contributed by atoms with Crippen molar-refractivity contribution < 1.29 is 24.9 Å². The van der Waals surface area contributed by atoms with Crippen molar-refractivity contribution in [2.75, 3.05) is 27.2 Å². The van der Waals surface area contributed by atoms with Gasteiger partial charge < -0.3 is 30.3 Å². The molecule has 7 heteroatoms. The van der Waals surface area contributed by atoms with E-state index in [1.165, 1.54) is 17.2 Å². The van der Waals surface area contributed by atoms with E-state index in [1.54, 1.807) is 31.1 Å². The molecular formula is C25H34N2O5. The summed E-state index contributed by atoms with van der Waals surface area (Å²) in [6, 6.07) is 11.3. The highest BCUT2D eigenvalue weighted by Crippen LogP contribution is 2.27. The van der Waals surface area contributed by atoms with E-state index in [2.05, 4.69) is 17.4 Å². The van der Waals surface area contributed by atoms with E-state index < -0.39 is 6.10 Å². The van der Waals surface area contributed by atoms with Crippen LogP contribution in [0.1, 0.15) is 47.6 Å². The number of hydrogen-bond acceptors (Lipinski definition) is 6. The first-order chi connectivity index (χ1) is 15.4. The number of ether oxygens (including phenoxy) is 1. The molecular weight excluding hydrogens is 408 g/mol. The predicted molar refractivity (Wildman–Crippen MR) is 123 cm³/mol. The van der Waals surface area contributed by atoms with Crippen molar-refractivity contribution in [3.8, 4) is 11.5 Å². The maximum atomic E-state index is 11.7. The van der Waals surface area contributed by atoms with Crippen LogP contribution in [0.15, 0.2) is 36.4 Å². The maximum Gasteiger partial charge on any atom is 0.222 e. The molecule has 174 valence electrons. The summed E-state index contributed by atoms with van der Waals surface area (Å²) in [6.45, 7) is 0.635. The van der Waals surface area contributed by atoms with Crippen LogP contribution in [0.25, 0.3) is 0 Å². The lowest BCUT2D eigenvalue weighted by atomic mass is 9.88. The van der Waals surface area contributed by atoms with Crippen LogP contribution >= 0.6 is 0 Å². The van der Waals surface area contributed by atoms with Gasteiger partial charge in [0.05, 0.1) is 19.3 Å². The number of phenols is 1. The van der Waals surface area contributed by atoms with Crippen LogP contribution in [-0.4, -0.2) is 59.4 Å². The zero-order valence-electron chi connectivity index (χ0n) is 18.9. The third-order valence-electron chi connectivity index (χ3n) is 5.97. The molecule has 2 aromatic carbocycles. The highest BCUT2D eigenvalue weighted by atomic mass is 16.5. The first-order valence-electron chi connectivity index (χ1n) is 11.2. The molecule has 0 spiro atoms. The Labute approximate surface area is 189 Å². The number of nitrogens with one attached hydrogen (secondary N) is 1. The molecule has 1 aliphatic carbocycles. The lowest BCUT2D eigenvalue weighted by Crippen LogP contribution is -2.37. The van der Waals surface area contributed by atoms with E-state index in [9.17, 15) is 20.1 Å². The summed E-state index contributed by atoms with van der Waals surface area (Å²) in [5, 5.41) is 33.0. The molecule has 0 aliphatic heterocycles. The molecule has 2 aromatic rings. The number of carbonyl (C=O) groups is 1. The van der Waals surface area contributed by atoms with Gasteiger partial charge in [-0.05, 0) is 66.6 Å². The second-order valence-electron chi connectivity index (χ2n) is 8.58. The minimum atomic E-state index is -0.721. The summed E-state index contributed by atoms with van der Waals surface area (Å²) in [5.74, 6) is 0.958. The fourth-order valence-corrected chi connectivity index (χ4v) is 3.97. The average molecular weight is 443 g/mol. The van der Waals surface area contributed by atoms with Gasteiger partial charge in [-0.25, -0.2) is 0 Å². The topological polar surface area (TPSA) is 102 Å². The van der Waals surface area contributed by atoms with Gasteiger partial charge in [0.1, 0.15) is 11.5 Å². The Balaban J connectivity index is 1.50. The van der Waals surface area contributed by atoms with E-state index >= 15 is 0 Å². The lowest BCUT2D eigenvalue weighted by molar-refractivity contribution is -0.128. The van der Waals surface area contributed by atoms with Crippen molar-refractivity contribution in [1.82, 2.24) is 10.2 Å². The van der Waals surface area contributed by atoms with Gasteiger partial charge in [0.15, 0.2) is 0 Å². The van der Waals surface area contributed by atoms with Crippen LogP contribution in [-0.2, 0) is 24.2 Å². The number of hydrogen-bond donors (Lipinski definition) is 4. The fourth-order valence-electron chi connectivity index (χ4n) is 3.97. The molecule has 1 aliphatic rings. The van der Waals surface area contributed by atoms with E-state index in [-0.39, 0.29) is 24.3 Å². The van der Waals surface area contributed by atoms with Crippen molar-refractivity contribution in [2.24, 2.45) is 0 Å². The molecule has 0 bridgehead atoms. The largest absolute Gasteiger partial charge is 0.508 e. The third kappa shape index (κ3) is 6.45. The van der Waals surface area contributed by atoms with Gasteiger partial charge in [-0.3, -0.25) is 4.79 Å². The predicted octanol–water partition coefficient (Wildman–Crippen LogP) is 2.31. The van der Waals surface area contributed by atoms with Crippen LogP contribution in [0.5, 0.6) is 11.5 Å². The number of carbonyl (C=O) groups excluding carboxylic acids is 1. The number of amides is 1. The summed E-state index contributed by atoms with van der Waals surface area (Å²) in [6.07, 6.45) is 3.26. The molecule has 4 N–H and O–H groups in total. The van der Waals surface area contributed by atoms with Gasteiger partial charge >= 0.3 is 0 Å². The smallest absolute Gasteiger partial charge is 0.222 e. The molecule has 2 atom stereocenters. The number of aryl methyl sites for hydroxylation is 1. The second-order valence-corrected chi connectivity index (χ2v) is 8.58. The average Bonchev–Trinajstić information content (AvgIpc) is 2.80. The number of aliphatic hydroxyl groups excluding tert-OH is 2. The van der Waals surface area contributed by atoms with Gasteiger partial charge in [-0.15, -0.1) is 0 Å². The standard InChI is InChI=1S/C25H34N2O5/c1-27(2)25(31)4-3-11-32-22-9-6-17-5-8-21(13-19(17)14-22)26-15-24(30)18-7-10-23(29)20(12-18)16-28/h6-7,9-10,12,14,21,24,26,28-30H,3-5,8,11,13,15-16H2,1-2H3/t21-,24+/m0/s1. The lowest BCUT2D eigenvalue weighted by Gasteiger charge is -2.27. The summed E-state index contributed by atoms with van der Waals surface area (Å²) in [5.41, 5.74) is 3.65. The molecule has 0 aromatic heterocycles. The monoisotopic (exact) mass is 442 g/mol. The first-order valence-corrected chi connectivity index (χ1v) is 11.2. The first kappa shape index (κ1) is 24.0. The number of benzene rings is 2. The zero-order valence-corrected chi connectivity index (χ0v) is 18.9. The zero-order chi connectivity index (χ0) is 23.1. The van der Waals surface area contributed by atoms with Crippen molar-refractivity contribution in [3.63, 3.8) is 0 Å². The molecule has 0 heterocycles. The molecule has 7 nitrogen and oxygen atoms in total. The Morgan fingerprint density at radius 2 is 2.03 bits per heavy atom. The Morgan fingerprint density at radius 3 is 2.78 bits per heavy atom. The molecule has 0 saturated carbocycles. The number of aromatic hydroxyl groups is 1. The normalized spacial score (nSPS) is 16.3. The van der Waals surface area contributed by atoms with Crippen LogP contribution < -0.4 is 10.1 Å². The third-order valence-corrected chi connectivity index (χ3v) is 5.97. The Kier molecular flexibility index (Phi) is 8.50. The summed E-state index contributed by atoms with van der Waals surface area (Å²) in [7, 11) is 3.51. The summed E-state index contributed by atoms with van der Waals surface area (Å²) in [4.78, 5) is 13.2. The van der Waals surface area contributed by atoms with Gasteiger partial charge in [0.25, 0.3) is 0 Å². The Hall–Kier alpha value is -2.61. The van der Waals surface area contributed by atoms with Gasteiger partial charge in [-0.1, -0.05) is 12.1 Å². The van der Waals surface area contributed by atoms with Crippen molar-refractivity contribution in [3.05, 3.63) is 58.7 Å². The van der Waals surface area contributed by atoms with Gasteiger partial charge in [0.2, 0.25) is 5.91 Å². The van der Waals surface area contributed by atoms with Crippen LogP contribution in [0.3, 0.4) is 0 Å². The quantitative estimate of drug-likeness (QED) is 0.421. The summed E-state index contributed by atoms with van der Waals surface area (Å²) < 4.78 is 5.85. The van der Waals surface area contributed by atoms with Crippen LogP contribution in [0.4, 0.5) is 0 Å². The minimum Gasteiger partial charge on any atom is -0.508 e. The molecule has 3 rings (SSSR count). The summed E-state index contributed by atoms with van der Waals surface area (Å²) >= 11 is 0. The SMILES string of the molecule is CN(C)C(=O)CCCOc1ccc2c(c1)C[C@@H](NC[C@@H](O)c1ccc(O)c(CO)c1)CC2. The fraction of sp³-hybridized carbons (Fsp3) is 0.480. The molecule has 0 fully saturated rings. The van der Waals surface area contributed by atoms with Crippen LogP contribution in [0.2, 0.25) is 0 Å². The number of aliphatic hydroxyl groups is 2. The molecule has 0 radical (unpaired) electrons. The second kappa shape index (κ2) is 11.3. The van der Waals surface area contributed by atoms with E-state index in [0.29, 0.717) is 37.1 Å². The number of fused-ring (bicyclic) bond motifs is 1. The molecule has 0 unspecified atom stereocenters. The molecule has 32 heavy (non-hydrogen) atoms. The highest BCUT2D eigenvalue weighted by molar-refractivity contribution is 5.75. The Bertz CT molecular complexity index is 915. The van der Waals surface area contributed by atoms with Crippen molar-refractivity contribution in [1.29, 1.82) is 0 Å². The van der Waals surface area contributed by atoms with E-state index in [0.717, 1.165) is 25.0 Å². The van der Waals surface area contributed by atoms with Crippen LogP contribution in [0, 0.1) is 0 Å². The highest BCUT2D eigenvalue weighted by Gasteiger charge is 2.20. The van der Waals surface area contributed by atoms with Crippen molar-refractivity contribution >= 4 is 5.91 Å². The van der Waals surface area contributed by atoms with E-state index in [4.69, 9.17) is 4.74 Å². The number of nitrogens with zero attached hydrogens (tertiary/aromatic N) is 1. The minimum absolute atomic E-state index is 0.0302. The Morgan fingerprint density at radius 1 is 1.22 bits per heavy atom.